The third-order valence-electron chi connectivity index (χ3n) is 4.49. The molecule has 0 amide bonds. The first kappa shape index (κ1) is 21.3. The van der Waals surface area contributed by atoms with E-state index in [1.54, 1.807) is 24.3 Å². The average molecular weight is 504 g/mol. The second-order valence-corrected chi connectivity index (χ2v) is 9.30. The van der Waals surface area contributed by atoms with Crippen LogP contribution < -0.4 is 4.74 Å². The van der Waals surface area contributed by atoms with E-state index in [4.69, 9.17) is 13.6 Å². The second-order valence-electron chi connectivity index (χ2n) is 6.51. The smallest absolute Gasteiger partial charge is 0.248 e. The molecule has 0 aliphatic carbocycles. The zero-order valence-corrected chi connectivity index (χ0v) is 18.8. The molecule has 0 saturated heterocycles. The van der Waals surface area contributed by atoms with Crippen LogP contribution in [0, 0.1) is 0 Å². The van der Waals surface area contributed by atoms with Crippen LogP contribution in [0.25, 0.3) is 11.5 Å². The Hall–Kier alpha value is -2.95. The van der Waals surface area contributed by atoms with Crippen LogP contribution in [0.4, 0.5) is 0 Å². The summed E-state index contributed by atoms with van der Waals surface area (Å²) in [6.07, 6.45) is 1.49. The molecule has 0 aliphatic rings. The van der Waals surface area contributed by atoms with Crippen molar-refractivity contribution in [2.24, 2.45) is 0 Å². The number of hydrogen-bond donors (Lipinski definition) is 0. The molecule has 0 fully saturated rings. The number of sulfonamides is 1. The molecule has 0 radical (unpaired) electrons. The summed E-state index contributed by atoms with van der Waals surface area (Å²) in [5.41, 5.74) is 0.719. The molecule has 0 unspecified atom stereocenters. The molecule has 0 spiro atoms. The molecule has 4 rings (SSSR count). The number of methoxy groups -OCH3 is 1. The van der Waals surface area contributed by atoms with Gasteiger partial charge in [0.15, 0.2) is 0 Å². The Kier molecular flexibility index (Phi) is 6.21. The Balaban J connectivity index is 1.65. The molecule has 0 atom stereocenters. The number of furan rings is 1. The minimum absolute atomic E-state index is 0.00804. The zero-order valence-electron chi connectivity index (χ0n) is 16.4. The van der Waals surface area contributed by atoms with Crippen LogP contribution in [0.15, 0.2) is 85.1 Å². The van der Waals surface area contributed by atoms with E-state index in [1.807, 2.05) is 24.3 Å². The molecule has 4 aromatic rings. The molecule has 2 aromatic carbocycles. The molecule has 0 N–H and O–H groups in total. The van der Waals surface area contributed by atoms with Gasteiger partial charge in [-0.2, -0.15) is 4.31 Å². The van der Waals surface area contributed by atoms with Crippen molar-refractivity contribution in [2.45, 2.75) is 18.0 Å². The molecule has 0 bridgehead atoms. The molecular formula is C21H18BrN3O5S. The maximum absolute atomic E-state index is 13.3. The van der Waals surface area contributed by atoms with E-state index in [2.05, 4.69) is 26.1 Å². The van der Waals surface area contributed by atoms with E-state index in [1.165, 1.54) is 29.8 Å². The van der Waals surface area contributed by atoms with Crippen molar-refractivity contribution < 1.29 is 22.0 Å². The second kappa shape index (κ2) is 9.04. The summed E-state index contributed by atoms with van der Waals surface area (Å²) in [4.78, 5) is 0.116. The van der Waals surface area contributed by atoms with Crippen LogP contribution in [0.2, 0.25) is 0 Å². The van der Waals surface area contributed by atoms with Gasteiger partial charge in [0, 0.05) is 4.47 Å². The van der Waals surface area contributed by atoms with Crippen molar-refractivity contribution in [2.75, 3.05) is 7.11 Å². The lowest BCUT2D eigenvalue weighted by atomic mass is 10.2. The highest BCUT2D eigenvalue weighted by Crippen LogP contribution is 2.28. The maximum Gasteiger partial charge on any atom is 0.248 e. The fourth-order valence-corrected chi connectivity index (χ4v) is 4.72. The van der Waals surface area contributed by atoms with E-state index in [0.29, 0.717) is 17.4 Å². The minimum Gasteiger partial charge on any atom is -0.497 e. The topological polar surface area (TPSA) is 98.7 Å². The van der Waals surface area contributed by atoms with Gasteiger partial charge >= 0.3 is 0 Å². The summed E-state index contributed by atoms with van der Waals surface area (Å²) in [6, 6.07) is 17.0. The lowest BCUT2D eigenvalue weighted by Gasteiger charge is -2.19. The summed E-state index contributed by atoms with van der Waals surface area (Å²) >= 11 is 3.45. The van der Waals surface area contributed by atoms with Crippen LogP contribution in [0.1, 0.15) is 11.7 Å². The Morgan fingerprint density at radius 2 is 1.77 bits per heavy atom. The van der Waals surface area contributed by atoms with Gasteiger partial charge < -0.3 is 13.6 Å². The van der Waals surface area contributed by atoms with Crippen LogP contribution in [-0.4, -0.2) is 30.0 Å². The van der Waals surface area contributed by atoms with Gasteiger partial charge in [-0.1, -0.05) is 12.1 Å². The number of aromatic nitrogens is 2. The predicted molar refractivity (Wildman–Crippen MR) is 116 cm³/mol. The van der Waals surface area contributed by atoms with Crippen LogP contribution in [-0.2, 0) is 23.1 Å². The van der Waals surface area contributed by atoms with Crippen molar-refractivity contribution in [1.29, 1.82) is 0 Å². The van der Waals surface area contributed by atoms with Gasteiger partial charge in [-0.05, 0) is 64.5 Å². The van der Waals surface area contributed by atoms with E-state index in [9.17, 15) is 8.42 Å². The van der Waals surface area contributed by atoms with Gasteiger partial charge in [-0.15, -0.1) is 10.2 Å². The largest absolute Gasteiger partial charge is 0.497 e. The Bertz CT molecular complexity index is 1250. The molecular weight excluding hydrogens is 486 g/mol. The standard InChI is InChI=1S/C21H18BrN3O5S/c1-28-15-8-10-17(11-9-15)31(26,27)25(13-16-5-4-12-29-16)14-20-23-24-21(30-20)18-6-2-3-7-19(18)22/h2-12H,13-14H2,1H3. The van der Waals surface area contributed by atoms with E-state index in [0.717, 1.165) is 10.0 Å². The van der Waals surface area contributed by atoms with Gasteiger partial charge in [0.25, 0.3) is 0 Å². The lowest BCUT2D eigenvalue weighted by Crippen LogP contribution is -2.30. The Morgan fingerprint density at radius 1 is 1.00 bits per heavy atom. The van der Waals surface area contributed by atoms with Crippen LogP contribution in [0.5, 0.6) is 5.75 Å². The van der Waals surface area contributed by atoms with E-state index < -0.39 is 10.0 Å². The highest BCUT2D eigenvalue weighted by Gasteiger charge is 2.28. The molecule has 31 heavy (non-hydrogen) atoms. The van der Waals surface area contributed by atoms with Crippen LogP contribution in [0.3, 0.4) is 0 Å². The minimum atomic E-state index is -3.88. The zero-order chi connectivity index (χ0) is 21.8. The highest BCUT2D eigenvalue weighted by molar-refractivity contribution is 9.10. The molecule has 2 aromatic heterocycles. The normalized spacial score (nSPS) is 11.7. The molecule has 0 aliphatic heterocycles. The quantitative estimate of drug-likeness (QED) is 0.349. The summed E-state index contributed by atoms with van der Waals surface area (Å²) in [7, 11) is -2.36. The number of hydrogen-bond acceptors (Lipinski definition) is 7. The predicted octanol–water partition coefficient (Wildman–Crippen LogP) is 4.49. The molecule has 0 saturated carbocycles. The first-order chi connectivity index (χ1) is 15.0. The third kappa shape index (κ3) is 4.71. The number of benzene rings is 2. The summed E-state index contributed by atoms with van der Waals surface area (Å²) in [5.74, 6) is 1.51. The fraction of sp³-hybridized carbons (Fsp3) is 0.143. The molecule has 8 nitrogen and oxygen atoms in total. The maximum atomic E-state index is 13.3. The van der Waals surface area contributed by atoms with Gasteiger partial charge in [0.2, 0.25) is 21.8 Å². The Morgan fingerprint density at radius 3 is 2.45 bits per heavy atom. The third-order valence-corrected chi connectivity index (χ3v) is 6.99. The molecule has 160 valence electrons. The fourth-order valence-electron chi connectivity index (χ4n) is 2.91. The summed E-state index contributed by atoms with van der Waals surface area (Å²) in [5, 5.41) is 8.11. The Labute approximate surface area is 187 Å². The number of nitrogens with zero attached hydrogens (tertiary/aromatic N) is 3. The average Bonchev–Trinajstić information content (AvgIpc) is 3.46. The molecule has 10 heteroatoms. The lowest BCUT2D eigenvalue weighted by molar-refractivity contribution is 0.326. The van der Waals surface area contributed by atoms with Gasteiger partial charge in [-0.3, -0.25) is 0 Å². The van der Waals surface area contributed by atoms with E-state index >= 15 is 0 Å². The van der Waals surface area contributed by atoms with Crippen molar-refractivity contribution in [3.63, 3.8) is 0 Å². The van der Waals surface area contributed by atoms with Crippen LogP contribution >= 0.6 is 15.9 Å². The van der Waals surface area contributed by atoms with Crippen molar-refractivity contribution in [3.8, 4) is 17.2 Å². The first-order valence-corrected chi connectivity index (χ1v) is 11.4. The van der Waals surface area contributed by atoms with Crippen molar-refractivity contribution >= 4 is 26.0 Å². The van der Waals surface area contributed by atoms with Gasteiger partial charge in [0.1, 0.15) is 11.5 Å². The monoisotopic (exact) mass is 503 g/mol. The number of rotatable bonds is 8. The van der Waals surface area contributed by atoms with Crippen molar-refractivity contribution in [1.82, 2.24) is 14.5 Å². The number of ether oxygens (including phenoxy) is 1. The van der Waals surface area contributed by atoms with Gasteiger partial charge in [0.05, 0.1) is 36.9 Å². The van der Waals surface area contributed by atoms with Gasteiger partial charge in [-0.25, -0.2) is 8.42 Å². The first-order valence-electron chi connectivity index (χ1n) is 9.21. The van der Waals surface area contributed by atoms with E-state index in [-0.39, 0.29) is 23.9 Å². The molecule has 2 heterocycles. The highest BCUT2D eigenvalue weighted by atomic mass is 79.9. The summed E-state index contributed by atoms with van der Waals surface area (Å²) in [6.45, 7) is -0.110. The van der Waals surface area contributed by atoms with Crippen molar-refractivity contribution in [3.05, 3.63) is 83.1 Å². The summed E-state index contributed by atoms with van der Waals surface area (Å²) < 4.78 is 44.9. The SMILES string of the molecule is COc1ccc(S(=O)(=O)N(Cc2ccco2)Cc2nnc(-c3ccccc3Br)o2)cc1. The number of halogens is 1.